The van der Waals surface area contributed by atoms with Crippen LogP contribution < -0.4 is 5.73 Å². The fraction of sp³-hybridized carbons (Fsp3) is 0.364. The second-order valence-corrected chi connectivity index (χ2v) is 7.70. The minimum Gasteiger partial charge on any atom is -0.366 e. The number of carbonyl (C=O) groups is 1. The van der Waals surface area contributed by atoms with Crippen LogP contribution in [0.15, 0.2) is 48.7 Å². The Morgan fingerprint density at radius 1 is 1.19 bits per heavy atom. The van der Waals surface area contributed by atoms with Crippen molar-refractivity contribution in [3.8, 4) is 5.69 Å². The molecule has 2 aromatic carbocycles. The number of hydrogen-bond donors (Lipinski definition) is 1. The van der Waals surface area contributed by atoms with Gasteiger partial charge in [0.05, 0.1) is 11.3 Å². The predicted molar refractivity (Wildman–Crippen MR) is 108 cm³/mol. The quantitative estimate of drug-likeness (QED) is 0.769. The summed E-state index contributed by atoms with van der Waals surface area (Å²) in [4.78, 5) is 14.2. The van der Waals surface area contributed by atoms with Crippen molar-refractivity contribution in [2.24, 2.45) is 5.73 Å². The molecule has 0 bridgehead atoms. The lowest BCUT2D eigenvalue weighted by Crippen LogP contribution is -2.39. The number of benzene rings is 2. The molecule has 1 fully saturated rings. The molecule has 5 heteroatoms. The highest BCUT2D eigenvalue weighted by Crippen LogP contribution is 2.29. The van der Waals surface area contributed by atoms with Crippen molar-refractivity contribution >= 4 is 16.8 Å². The van der Waals surface area contributed by atoms with Gasteiger partial charge in [0.25, 0.3) is 5.91 Å². The second kappa shape index (κ2) is 7.16. The molecular formula is C22H26N4O. The minimum atomic E-state index is -0.451. The first-order chi connectivity index (χ1) is 13.0. The molecule has 140 valence electrons. The zero-order chi connectivity index (χ0) is 19.0. The van der Waals surface area contributed by atoms with Gasteiger partial charge >= 0.3 is 0 Å². The molecule has 2 N–H and O–H groups in total. The molecular weight excluding hydrogens is 336 g/mol. The number of piperidine rings is 1. The Balaban J connectivity index is 1.60. The molecule has 1 aliphatic rings. The van der Waals surface area contributed by atoms with Gasteiger partial charge < -0.3 is 10.6 Å². The van der Waals surface area contributed by atoms with Crippen molar-refractivity contribution in [2.75, 3.05) is 13.1 Å². The number of rotatable bonds is 4. The third-order valence-electron chi connectivity index (χ3n) is 5.61. The van der Waals surface area contributed by atoms with Crippen molar-refractivity contribution in [3.05, 3.63) is 59.8 Å². The van der Waals surface area contributed by atoms with Crippen LogP contribution in [0.25, 0.3) is 16.6 Å². The zero-order valence-electron chi connectivity index (χ0n) is 15.9. The molecule has 5 nitrogen and oxygen atoms in total. The van der Waals surface area contributed by atoms with Crippen LogP contribution in [0, 0.1) is 0 Å². The summed E-state index contributed by atoms with van der Waals surface area (Å²) in [6.07, 6.45) is 4.44. The van der Waals surface area contributed by atoms with Crippen molar-refractivity contribution in [2.45, 2.75) is 38.6 Å². The third-order valence-corrected chi connectivity index (χ3v) is 5.61. The monoisotopic (exact) mass is 362 g/mol. The van der Waals surface area contributed by atoms with Crippen molar-refractivity contribution < 1.29 is 4.79 Å². The first kappa shape index (κ1) is 17.7. The lowest BCUT2D eigenvalue weighted by molar-refractivity contribution is 0.100. The lowest BCUT2D eigenvalue weighted by atomic mass is 9.90. The highest BCUT2D eigenvalue weighted by molar-refractivity contribution is 6.04. The number of aromatic nitrogens is 2. The summed E-state index contributed by atoms with van der Waals surface area (Å²) in [6, 6.07) is 14.7. The van der Waals surface area contributed by atoms with Gasteiger partial charge in [-0.25, -0.2) is 4.68 Å². The Morgan fingerprint density at radius 2 is 1.96 bits per heavy atom. The van der Waals surface area contributed by atoms with E-state index >= 15 is 0 Å². The molecule has 2 heterocycles. The fourth-order valence-corrected chi connectivity index (χ4v) is 4.02. The van der Waals surface area contributed by atoms with Crippen LogP contribution in [0.1, 0.15) is 48.5 Å². The summed E-state index contributed by atoms with van der Waals surface area (Å²) in [5.41, 5.74) is 8.95. The van der Waals surface area contributed by atoms with Gasteiger partial charge in [0, 0.05) is 24.2 Å². The Morgan fingerprint density at radius 3 is 2.67 bits per heavy atom. The molecule has 0 spiro atoms. The Bertz CT molecular complexity index is 958. The van der Waals surface area contributed by atoms with Gasteiger partial charge in [0.15, 0.2) is 0 Å². The molecule has 1 saturated heterocycles. The molecule has 0 unspecified atom stereocenters. The summed E-state index contributed by atoms with van der Waals surface area (Å²) < 4.78 is 1.82. The molecule has 1 aromatic heterocycles. The van der Waals surface area contributed by atoms with Gasteiger partial charge in [-0.2, -0.15) is 5.10 Å². The van der Waals surface area contributed by atoms with E-state index in [2.05, 4.69) is 48.1 Å². The van der Waals surface area contributed by atoms with Gasteiger partial charge in [0.1, 0.15) is 5.52 Å². The second-order valence-electron chi connectivity index (χ2n) is 7.70. The van der Waals surface area contributed by atoms with Crippen molar-refractivity contribution in [1.29, 1.82) is 0 Å². The van der Waals surface area contributed by atoms with Gasteiger partial charge in [-0.15, -0.1) is 0 Å². The Labute approximate surface area is 159 Å². The van der Waals surface area contributed by atoms with Crippen LogP contribution in [0.2, 0.25) is 0 Å². The molecule has 4 rings (SSSR count). The summed E-state index contributed by atoms with van der Waals surface area (Å²) in [5.74, 6) is 0.140. The minimum absolute atomic E-state index is 0.451. The predicted octanol–water partition coefficient (Wildman–Crippen LogP) is 3.71. The highest BCUT2D eigenvalue weighted by atomic mass is 16.1. The number of fused-ring (bicyclic) bond motifs is 1. The van der Waals surface area contributed by atoms with E-state index < -0.39 is 5.91 Å². The van der Waals surface area contributed by atoms with Crippen LogP contribution in [0.5, 0.6) is 0 Å². The zero-order valence-corrected chi connectivity index (χ0v) is 15.9. The topological polar surface area (TPSA) is 64.2 Å². The summed E-state index contributed by atoms with van der Waals surface area (Å²) in [6.45, 7) is 6.88. The Hall–Kier alpha value is -2.66. The molecule has 27 heavy (non-hydrogen) atoms. The van der Waals surface area contributed by atoms with Crippen LogP contribution in [0.3, 0.4) is 0 Å². The molecule has 1 amide bonds. The van der Waals surface area contributed by atoms with E-state index in [-0.39, 0.29) is 0 Å². The first-order valence-corrected chi connectivity index (χ1v) is 9.65. The van der Waals surface area contributed by atoms with E-state index in [9.17, 15) is 4.79 Å². The van der Waals surface area contributed by atoms with Crippen molar-refractivity contribution in [3.63, 3.8) is 0 Å². The summed E-state index contributed by atoms with van der Waals surface area (Å²) in [5, 5.41) is 5.50. The van der Waals surface area contributed by atoms with E-state index in [0.29, 0.717) is 23.0 Å². The molecule has 0 saturated carbocycles. The largest absolute Gasteiger partial charge is 0.366 e. The Kier molecular flexibility index (Phi) is 4.70. The first-order valence-electron chi connectivity index (χ1n) is 9.65. The van der Waals surface area contributed by atoms with Crippen LogP contribution in [-0.4, -0.2) is 39.7 Å². The standard InChI is InChI=1S/C22H26N4O/c1-15(2)25-12-4-6-17(13-25)16-8-10-19(11-9-16)26-14-18-5-3-7-20(22(23)27)21(18)24-26/h3,5,7-11,14-15,17H,4,6,12-13H2,1-2H3,(H2,23,27)/t17-/m1/s1. The highest BCUT2D eigenvalue weighted by Gasteiger charge is 2.22. The number of primary amides is 1. The van der Waals surface area contributed by atoms with Crippen LogP contribution in [0.4, 0.5) is 0 Å². The number of amides is 1. The summed E-state index contributed by atoms with van der Waals surface area (Å²) >= 11 is 0. The average molecular weight is 362 g/mol. The van der Waals surface area contributed by atoms with Crippen LogP contribution >= 0.6 is 0 Å². The molecule has 0 aliphatic carbocycles. The maximum Gasteiger partial charge on any atom is 0.250 e. The van der Waals surface area contributed by atoms with Crippen LogP contribution in [-0.2, 0) is 0 Å². The smallest absolute Gasteiger partial charge is 0.250 e. The van der Waals surface area contributed by atoms with Gasteiger partial charge in [-0.05, 0) is 62.9 Å². The van der Waals surface area contributed by atoms with E-state index in [4.69, 9.17) is 5.73 Å². The molecule has 1 atom stereocenters. The fourth-order valence-electron chi connectivity index (χ4n) is 4.02. The third kappa shape index (κ3) is 3.47. The van der Waals surface area contributed by atoms with E-state index in [1.54, 1.807) is 6.07 Å². The number of likely N-dealkylation sites (tertiary alicyclic amines) is 1. The SMILES string of the molecule is CC(C)N1CCC[C@@H](c2ccc(-n3cc4cccc(C(N)=O)c4n3)cc2)C1. The number of carbonyl (C=O) groups excluding carboxylic acids is 1. The van der Waals surface area contributed by atoms with Gasteiger partial charge in [0.2, 0.25) is 0 Å². The average Bonchev–Trinajstić information content (AvgIpc) is 3.12. The van der Waals surface area contributed by atoms with Crippen molar-refractivity contribution in [1.82, 2.24) is 14.7 Å². The van der Waals surface area contributed by atoms with E-state index in [1.807, 2.05) is 23.0 Å². The maximum atomic E-state index is 11.6. The molecule has 3 aromatic rings. The maximum absolute atomic E-state index is 11.6. The summed E-state index contributed by atoms with van der Waals surface area (Å²) in [7, 11) is 0. The lowest BCUT2D eigenvalue weighted by Gasteiger charge is -2.35. The number of nitrogens with zero attached hydrogens (tertiary/aromatic N) is 3. The van der Waals surface area contributed by atoms with Gasteiger partial charge in [-0.1, -0.05) is 24.3 Å². The van der Waals surface area contributed by atoms with Gasteiger partial charge in [-0.3, -0.25) is 4.79 Å². The van der Waals surface area contributed by atoms with E-state index in [1.165, 1.54) is 24.9 Å². The molecule has 0 radical (unpaired) electrons. The molecule has 1 aliphatic heterocycles. The number of nitrogens with two attached hydrogens (primary N) is 1. The number of hydrogen-bond acceptors (Lipinski definition) is 3. The van der Waals surface area contributed by atoms with E-state index in [0.717, 1.165) is 17.6 Å². The normalized spacial score (nSPS) is 18.3.